The number of thioether (sulfide) groups is 1. The van der Waals surface area contributed by atoms with E-state index in [1.54, 1.807) is 17.8 Å². The van der Waals surface area contributed by atoms with Crippen molar-refractivity contribution < 1.29 is 34.1 Å². The number of fused-ring (bicyclic) bond motifs is 2. The molecule has 5 rings (SSSR count). The van der Waals surface area contributed by atoms with Gasteiger partial charge in [0, 0.05) is 54.7 Å². The number of allylic oxidation sites excluding steroid dienone is 1. The van der Waals surface area contributed by atoms with Crippen LogP contribution in [0.4, 0.5) is 0 Å². The highest BCUT2D eigenvalue weighted by Gasteiger charge is 2.65. The SMILES string of the molecule is C=CCOC12Oc3ccc(OCCSc4ccccc4)cc3C3C(CCCCO)C(CCCCO)C=C(C(=NOC(C)(C)C)CC1N(CCC)C(=O)CCCCCCCCCCC)C32. The van der Waals surface area contributed by atoms with Gasteiger partial charge in [-0.2, -0.15) is 0 Å². The van der Waals surface area contributed by atoms with Gasteiger partial charge in [-0.1, -0.05) is 114 Å². The summed E-state index contributed by atoms with van der Waals surface area (Å²) in [4.78, 5) is 24.4. The molecule has 3 aliphatic rings. The molecule has 9 nitrogen and oxygen atoms in total. The van der Waals surface area contributed by atoms with Crippen LogP contribution >= 0.6 is 11.8 Å². The first-order valence-electron chi connectivity index (χ1n) is 25.0. The summed E-state index contributed by atoms with van der Waals surface area (Å²) in [5.74, 6) is 1.11. The molecule has 356 valence electrons. The Hall–Kier alpha value is -3.31. The van der Waals surface area contributed by atoms with Crippen LogP contribution in [-0.2, 0) is 14.4 Å². The van der Waals surface area contributed by atoms with Gasteiger partial charge in [0.1, 0.15) is 23.1 Å². The Morgan fingerprint density at radius 2 is 1.62 bits per heavy atom. The molecule has 6 unspecified atom stereocenters. The van der Waals surface area contributed by atoms with Gasteiger partial charge in [0.15, 0.2) is 0 Å². The summed E-state index contributed by atoms with van der Waals surface area (Å²) in [6.07, 6.45) is 21.6. The molecule has 1 aliphatic heterocycles. The molecule has 0 spiro atoms. The van der Waals surface area contributed by atoms with Gasteiger partial charge in [-0.15, -0.1) is 18.3 Å². The van der Waals surface area contributed by atoms with Crippen LogP contribution in [0.2, 0.25) is 0 Å². The van der Waals surface area contributed by atoms with Gasteiger partial charge in [-0.05, 0) is 107 Å². The summed E-state index contributed by atoms with van der Waals surface area (Å²) in [6, 6.07) is 16.1. The van der Waals surface area contributed by atoms with E-state index < -0.39 is 17.4 Å². The first-order chi connectivity index (χ1) is 31.1. The van der Waals surface area contributed by atoms with E-state index in [-0.39, 0.29) is 49.4 Å². The van der Waals surface area contributed by atoms with Crippen molar-refractivity contribution in [3.8, 4) is 11.5 Å². The molecule has 1 fully saturated rings. The minimum Gasteiger partial charge on any atom is -0.493 e. The summed E-state index contributed by atoms with van der Waals surface area (Å²) in [5, 5.41) is 25.0. The van der Waals surface area contributed by atoms with Crippen molar-refractivity contribution in [2.75, 3.05) is 38.7 Å². The molecule has 1 amide bonds. The maximum atomic E-state index is 14.8. The fourth-order valence-electron chi connectivity index (χ4n) is 10.2. The van der Waals surface area contributed by atoms with Gasteiger partial charge in [0.05, 0.1) is 24.8 Å². The predicted octanol–water partition coefficient (Wildman–Crippen LogP) is 12.4. The second-order valence-electron chi connectivity index (χ2n) is 19.2. The lowest BCUT2D eigenvalue weighted by Gasteiger charge is -2.60. The summed E-state index contributed by atoms with van der Waals surface area (Å²) < 4.78 is 21.1. The fourth-order valence-corrected chi connectivity index (χ4v) is 10.9. The number of oxime groups is 1. The number of amides is 1. The molecule has 0 aromatic heterocycles. The maximum absolute atomic E-state index is 14.8. The van der Waals surface area contributed by atoms with Gasteiger partial charge >= 0.3 is 0 Å². The van der Waals surface area contributed by atoms with Crippen molar-refractivity contribution in [2.45, 2.75) is 178 Å². The molecule has 64 heavy (non-hydrogen) atoms. The molecule has 1 saturated carbocycles. The lowest BCUT2D eigenvalue weighted by Crippen LogP contribution is -2.70. The normalized spacial score (nSPS) is 23.1. The van der Waals surface area contributed by atoms with Crippen molar-refractivity contribution in [3.63, 3.8) is 0 Å². The third kappa shape index (κ3) is 14.3. The number of benzene rings is 2. The highest BCUT2D eigenvalue weighted by molar-refractivity contribution is 7.99. The third-order valence-corrected chi connectivity index (χ3v) is 14.1. The fraction of sp³-hybridized carbons (Fsp3) is 0.667. The Kier molecular flexibility index (Phi) is 21.6. The Morgan fingerprint density at radius 1 is 0.922 bits per heavy atom. The summed E-state index contributed by atoms with van der Waals surface area (Å²) in [6.45, 7) is 16.2. The number of rotatable bonds is 30. The Bertz CT molecular complexity index is 1760. The van der Waals surface area contributed by atoms with Gasteiger partial charge < -0.3 is 34.2 Å². The van der Waals surface area contributed by atoms with Crippen molar-refractivity contribution in [3.05, 3.63) is 78.4 Å². The summed E-state index contributed by atoms with van der Waals surface area (Å²) in [5.41, 5.74) is 2.43. The zero-order valence-corrected chi connectivity index (χ0v) is 40.9. The maximum Gasteiger partial charge on any atom is 0.239 e. The molecule has 6 atom stereocenters. The number of ether oxygens (including phenoxy) is 3. The number of hydrogen-bond donors (Lipinski definition) is 2. The number of carbonyl (C=O) groups is 1. The van der Waals surface area contributed by atoms with E-state index in [0.29, 0.717) is 32.4 Å². The highest BCUT2D eigenvalue weighted by atomic mass is 32.2. The molecule has 1 heterocycles. The zero-order chi connectivity index (χ0) is 45.8. The molecule has 2 aromatic carbocycles. The largest absolute Gasteiger partial charge is 0.493 e. The number of nitrogens with zero attached hydrogens (tertiary/aromatic N) is 2. The van der Waals surface area contributed by atoms with Crippen LogP contribution < -0.4 is 9.47 Å². The number of unbranched alkanes of at least 4 members (excludes halogenated alkanes) is 10. The topological polar surface area (TPSA) is 110 Å². The van der Waals surface area contributed by atoms with Crippen LogP contribution in [0.3, 0.4) is 0 Å². The van der Waals surface area contributed by atoms with E-state index >= 15 is 0 Å². The van der Waals surface area contributed by atoms with Crippen LogP contribution in [0.5, 0.6) is 11.5 Å². The predicted molar refractivity (Wildman–Crippen MR) is 262 cm³/mol. The first-order valence-corrected chi connectivity index (χ1v) is 26.0. The lowest BCUT2D eigenvalue weighted by molar-refractivity contribution is -0.257. The van der Waals surface area contributed by atoms with Crippen molar-refractivity contribution in [2.24, 2.45) is 22.9 Å². The number of hydrogen-bond acceptors (Lipinski definition) is 9. The molecule has 2 aromatic rings. The lowest BCUT2D eigenvalue weighted by atomic mass is 9.55. The second-order valence-corrected chi connectivity index (χ2v) is 20.3. The van der Waals surface area contributed by atoms with E-state index in [1.165, 1.54) is 43.4 Å². The molecule has 2 N–H and O–H groups in total. The van der Waals surface area contributed by atoms with E-state index in [9.17, 15) is 15.0 Å². The molecular formula is C54H82N2O7S. The van der Waals surface area contributed by atoms with Crippen LogP contribution in [0.1, 0.15) is 162 Å². The zero-order valence-electron chi connectivity index (χ0n) is 40.1. The molecule has 0 bridgehead atoms. The van der Waals surface area contributed by atoms with Crippen molar-refractivity contribution in [1.82, 2.24) is 4.90 Å². The Labute approximate surface area is 390 Å². The molecule has 2 aliphatic carbocycles. The molecule has 0 saturated heterocycles. The smallest absolute Gasteiger partial charge is 0.239 e. The van der Waals surface area contributed by atoms with Gasteiger partial charge in [0.2, 0.25) is 11.7 Å². The highest BCUT2D eigenvalue weighted by Crippen LogP contribution is 2.62. The van der Waals surface area contributed by atoms with Crippen molar-refractivity contribution >= 4 is 23.4 Å². The van der Waals surface area contributed by atoms with E-state index in [0.717, 1.165) is 91.9 Å². The molecule has 0 radical (unpaired) electrons. The number of aliphatic hydroxyl groups excluding tert-OH is 2. The van der Waals surface area contributed by atoms with E-state index in [4.69, 9.17) is 24.2 Å². The summed E-state index contributed by atoms with van der Waals surface area (Å²) in [7, 11) is 0. The minimum atomic E-state index is -1.25. The minimum absolute atomic E-state index is 0.0906. The summed E-state index contributed by atoms with van der Waals surface area (Å²) >= 11 is 1.78. The van der Waals surface area contributed by atoms with Crippen molar-refractivity contribution in [1.29, 1.82) is 0 Å². The van der Waals surface area contributed by atoms with Gasteiger partial charge in [-0.3, -0.25) is 4.79 Å². The van der Waals surface area contributed by atoms with E-state index in [1.807, 2.05) is 39.0 Å². The molecule has 10 heteroatoms. The standard InChI is InChI=1S/C54H82N2O7S/c1-7-10-11-12-13-14-15-16-20-29-50(59)56(32-8-2)49-40-47(55-63-53(4,5)6)45-38-41(25-21-23-33-57)44(28-22-24-34-58)51-46-39-42(60-36-37-64-43-26-18-17-19-27-43)30-31-48(46)62-54(49,52(45)51)61-35-9-3/h9,17-19,26-27,30-31,38-39,41,44,49,51-52,57-58H,3,7-8,10-16,20-25,28-29,32-37,40H2,1-2,4-6H3. The van der Waals surface area contributed by atoms with Crippen LogP contribution in [0, 0.1) is 17.8 Å². The molecular weight excluding hydrogens is 821 g/mol. The van der Waals surface area contributed by atoms with Crippen LogP contribution in [0.25, 0.3) is 0 Å². The van der Waals surface area contributed by atoms with Crippen LogP contribution in [-0.4, -0.2) is 82.9 Å². The average molecular weight is 903 g/mol. The van der Waals surface area contributed by atoms with Gasteiger partial charge in [0.25, 0.3) is 0 Å². The third-order valence-electron chi connectivity index (χ3n) is 13.1. The Balaban J connectivity index is 1.60. The first kappa shape index (κ1) is 51.7. The van der Waals surface area contributed by atoms with Crippen LogP contribution in [0.15, 0.2) is 82.9 Å². The monoisotopic (exact) mass is 903 g/mol. The average Bonchev–Trinajstić information content (AvgIpc) is 3.29. The van der Waals surface area contributed by atoms with Gasteiger partial charge in [-0.25, -0.2) is 0 Å². The number of carbonyl (C=O) groups excluding carboxylic acids is 1. The number of aliphatic hydroxyl groups is 2. The second kappa shape index (κ2) is 26.7. The quantitative estimate of drug-likeness (QED) is 0.0345. The Morgan fingerprint density at radius 3 is 2.30 bits per heavy atom. The van der Waals surface area contributed by atoms with E-state index in [2.05, 4.69) is 61.7 Å².